The van der Waals surface area contributed by atoms with Crippen LogP contribution in [0.25, 0.3) is 0 Å². The summed E-state index contributed by atoms with van der Waals surface area (Å²) in [7, 11) is 1.69. The van der Waals surface area contributed by atoms with E-state index < -0.39 is 0 Å². The van der Waals surface area contributed by atoms with Crippen molar-refractivity contribution < 1.29 is 4.74 Å². The number of pyridine rings is 1. The zero-order valence-corrected chi connectivity index (χ0v) is 10.6. The zero-order valence-electron chi connectivity index (χ0n) is 10.6. The second-order valence-corrected chi connectivity index (χ2v) is 4.68. The Morgan fingerprint density at radius 3 is 3.06 bits per heavy atom. The smallest absolute Gasteiger partial charge is 0.0884 e. The van der Waals surface area contributed by atoms with E-state index in [-0.39, 0.29) is 0 Å². The molecule has 1 fully saturated rings. The van der Waals surface area contributed by atoms with E-state index in [9.17, 15) is 0 Å². The zero-order chi connectivity index (χ0) is 12.1. The molecule has 4 heteroatoms. The van der Waals surface area contributed by atoms with Gasteiger partial charge < -0.3 is 10.1 Å². The van der Waals surface area contributed by atoms with E-state index in [4.69, 9.17) is 4.74 Å². The molecular weight excluding hydrogens is 214 g/mol. The van der Waals surface area contributed by atoms with E-state index >= 15 is 0 Å². The van der Waals surface area contributed by atoms with Crippen molar-refractivity contribution in [1.82, 2.24) is 15.2 Å². The van der Waals surface area contributed by atoms with Crippen LogP contribution in [0, 0.1) is 0 Å². The molecule has 0 amide bonds. The number of ether oxygens (including phenoxy) is 1. The number of hydrogen-bond donors (Lipinski definition) is 1. The van der Waals surface area contributed by atoms with E-state index in [1.54, 1.807) is 7.11 Å². The van der Waals surface area contributed by atoms with E-state index in [2.05, 4.69) is 28.2 Å². The molecule has 4 nitrogen and oxygen atoms in total. The quantitative estimate of drug-likeness (QED) is 0.845. The van der Waals surface area contributed by atoms with Crippen LogP contribution in [-0.2, 0) is 17.9 Å². The van der Waals surface area contributed by atoms with Gasteiger partial charge in [0, 0.05) is 45.5 Å². The molecule has 0 bridgehead atoms. The molecule has 2 heterocycles. The van der Waals surface area contributed by atoms with Crippen molar-refractivity contribution in [3.8, 4) is 0 Å². The van der Waals surface area contributed by atoms with Crippen molar-refractivity contribution >= 4 is 0 Å². The van der Waals surface area contributed by atoms with Crippen molar-refractivity contribution in [2.75, 3.05) is 26.7 Å². The van der Waals surface area contributed by atoms with Crippen LogP contribution in [0.15, 0.2) is 18.3 Å². The SMILES string of the molecule is COCc1ccc(CN2CCN[C@@H](C)C2)cn1. The number of piperazine rings is 1. The largest absolute Gasteiger partial charge is 0.378 e. The van der Waals surface area contributed by atoms with Crippen molar-refractivity contribution in [2.24, 2.45) is 0 Å². The van der Waals surface area contributed by atoms with Crippen LogP contribution in [0.2, 0.25) is 0 Å². The fourth-order valence-corrected chi connectivity index (χ4v) is 2.20. The Bertz CT molecular complexity index is 339. The highest BCUT2D eigenvalue weighted by Gasteiger charge is 2.15. The molecule has 1 N–H and O–H groups in total. The topological polar surface area (TPSA) is 37.4 Å². The minimum Gasteiger partial charge on any atom is -0.378 e. The van der Waals surface area contributed by atoms with Crippen molar-refractivity contribution in [1.29, 1.82) is 0 Å². The molecule has 1 aromatic heterocycles. The molecule has 2 rings (SSSR count). The number of methoxy groups -OCH3 is 1. The monoisotopic (exact) mass is 235 g/mol. The summed E-state index contributed by atoms with van der Waals surface area (Å²) in [5.41, 5.74) is 2.27. The number of rotatable bonds is 4. The van der Waals surface area contributed by atoms with Gasteiger partial charge in [-0.1, -0.05) is 6.07 Å². The average molecular weight is 235 g/mol. The van der Waals surface area contributed by atoms with Crippen LogP contribution in [0.1, 0.15) is 18.2 Å². The first-order valence-electron chi connectivity index (χ1n) is 6.16. The number of hydrogen-bond acceptors (Lipinski definition) is 4. The molecule has 0 unspecified atom stereocenters. The first-order chi connectivity index (χ1) is 8.28. The summed E-state index contributed by atoms with van der Waals surface area (Å²) >= 11 is 0. The van der Waals surface area contributed by atoms with Gasteiger partial charge in [0.15, 0.2) is 0 Å². The third-order valence-electron chi connectivity index (χ3n) is 3.04. The lowest BCUT2D eigenvalue weighted by molar-refractivity contribution is 0.181. The molecule has 17 heavy (non-hydrogen) atoms. The molecule has 1 saturated heterocycles. The molecular formula is C13H21N3O. The van der Waals surface area contributed by atoms with Crippen LogP contribution in [0.3, 0.4) is 0 Å². The number of aromatic nitrogens is 1. The van der Waals surface area contributed by atoms with Crippen LogP contribution in [0.5, 0.6) is 0 Å². The third-order valence-corrected chi connectivity index (χ3v) is 3.04. The van der Waals surface area contributed by atoms with Gasteiger partial charge in [-0.05, 0) is 18.6 Å². The molecule has 0 saturated carbocycles. The summed E-state index contributed by atoms with van der Waals surface area (Å²) in [5.74, 6) is 0. The minimum atomic E-state index is 0.587. The first-order valence-corrected chi connectivity index (χ1v) is 6.16. The van der Waals surface area contributed by atoms with Crippen molar-refractivity contribution in [2.45, 2.75) is 26.1 Å². The Hall–Kier alpha value is -0.970. The highest BCUT2D eigenvalue weighted by Crippen LogP contribution is 2.07. The van der Waals surface area contributed by atoms with E-state index in [0.29, 0.717) is 12.6 Å². The summed E-state index contributed by atoms with van der Waals surface area (Å²) < 4.78 is 5.05. The Balaban J connectivity index is 1.89. The van der Waals surface area contributed by atoms with E-state index in [1.165, 1.54) is 5.56 Å². The Morgan fingerprint density at radius 2 is 2.41 bits per heavy atom. The molecule has 0 aromatic carbocycles. The van der Waals surface area contributed by atoms with Gasteiger partial charge in [-0.15, -0.1) is 0 Å². The molecule has 1 aliphatic rings. The highest BCUT2D eigenvalue weighted by atomic mass is 16.5. The third kappa shape index (κ3) is 3.77. The molecule has 0 aliphatic carbocycles. The maximum atomic E-state index is 5.05. The Kier molecular flexibility index (Phi) is 4.48. The lowest BCUT2D eigenvalue weighted by Gasteiger charge is -2.31. The fraction of sp³-hybridized carbons (Fsp3) is 0.615. The van der Waals surface area contributed by atoms with Gasteiger partial charge >= 0.3 is 0 Å². The first kappa shape index (κ1) is 12.5. The predicted octanol–water partition coefficient (Wildman–Crippen LogP) is 1.02. The summed E-state index contributed by atoms with van der Waals surface area (Å²) in [5, 5.41) is 3.45. The van der Waals surface area contributed by atoms with Gasteiger partial charge in [-0.2, -0.15) is 0 Å². The molecule has 1 atom stereocenters. The predicted molar refractivity (Wildman–Crippen MR) is 67.7 cm³/mol. The Morgan fingerprint density at radius 1 is 1.53 bits per heavy atom. The molecule has 1 aromatic rings. The van der Waals surface area contributed by atoms with Gasteiger partial charge in [-0.3, -0.25) is 9.88 Å². The van der Waals surface area contributed by atoms with Gasteiger partial charge in [0.05, 0.1) is 12.3 Å². The van der Waals surface area contributed by atoms with E-state index in [0.717, 1.165) is 31.9 Å². The highest BCUT2D eigenvalue weighted by molar-refractivity contribution is 5.13. The van der Waals surface area contributed by atoms with E-state index in [1.807, 2.05) is 12.3 Å². The van der Waals surface area contributed by atoms with Crippen LogP contribution in [0.4, 0.5) is 0 Å². The lowest BCUT2D eigenvalue weighted by Crippen LogP contribution is -2.48. The normalized spacial score (nSPS) is 21.6. The Labute approximate surface area is 103 Å². The molecule has 0 radical (unpaired) electrons. The van der Waals surface area contributed by atoms with Gasteiger partial charge in [0.25, 0.3) is 0 Å². The molecule has 0 spiro atoms. The van der Waals surface area contributed by atoms with Crippen LogP contribution >= 0.6 is 0 Å². The molecule has 94 valence electrons. The minimum absolute atomic E-state index is 0.587. The summed E-state index contributed by atoms with van der Waals surface area (Å²) in [6.07, 6.45) is 1.96. The van der Waals surface area contributed by atoms with Crippen LogP contribution < -0.4 is 5.32 Å². The van der Waals surface area contributed by atoms with Gasteiger partial charge in [0.1, 0.15) is 0 Å². The van der Waals surface area contributed by atoms with Gasteiger partial charge in [0.2, 0.25) is 0 Å². The second-order valence-electron chi connectivity index (χ2n) is 4.68. The number of nitrogens with zero attached hydrogens (tertiary/aromatic N) is 2. The second kappa shape index (κ2) is 6.10. The van der Waals surface area contributed by atoms with Crippen molar-refractivity contribution in [3.05, 3.63) is 29.6 Å². The maximum absolute atomic E-state index is 5.05. The summed E-state index contributed by atoms with van der Waals surface area (Å²) in [6.45, 7) is 7.11. The average Bonchev–Trinajstić information content (AvgIpc) is 2.32. The standard InChI is InChI=1S/C13H21N3O/c1-11-8-16(6-5-14-11)9-12-3-4-13(10-17-2)15-7-12/h3-4,7,11,14H,5-6,8-10H2,1-2H3/t11-/m0/s1. The van der Waals surface area contributed by atoms with Crippen LogP contribution in [-0.4, -0.2) is 42.7 Å². The molecule has 1 aliphatic heterocycles. The number of nitrogens with one attached hydrogen (secondary N) is 1. The van der Waals surface area contributed by atoms with Gasteiger partial charge in [-0.25, -0.2) is 0 Å². The fourth-order valence-electron chi connectivity index (χ4n) is 2.20. The lowest BCUT2D eigenvalue weighted by atomic mass is 10.2. The van der Waals surface area contributed by atoms with Crippen molar-refractivity contribution in [3.63, 3.8) is 0 Å². The summed E-state index contributed by atoms with van der Waals surface area (Å²) in [6, 6.07) is 4.78. The summed E-state index contributed by atoms with van der Waals surface area (Å²) in [4.78, 5) is 6.85. The maximum Gasteiger partial charge on any atom is 0.0884 e.